The largest absolute Gasteiger partial charge is 0.465 e. The van der Waals surface area contributed by atoms with Crippen LogP contribution in [0.3, 0.4) is 0 Å². The van der Waals surface area contributed by atoms with Gasteiger partial charge >= 0.3 is 5.97 Å². The second-order valence-electron chi connectivity index (χ2n) is 4.59. The molecule has 21 heavy (non-hydrogen) atoms. The number of carbonyl (C=O) groups is 1. The molecule has 0 aliphatic rings. The Hall–Kier alpha value is -0.850. The zero-order valence-electron chi connectivity index (χ0n) is 11.9. The molecule has 0 saturated heterocycles. The summed E-state index contributed by atoms with van der Waals surface area (Å²) >= 11 is 8.66. The molecule has 6 heteroatoms. The molecule has 1 N–H and O–H groups in total. The smallest absolute Gasteiger partial charge is 0.340 e. The van der Waals surface area contributed by atoms with E-state index < -0.39 is 0 Å². The number of benzene rings is 1. The van der Waals surface area contributed by atoms with Crippen molar-refractivity contribution >= 4 is 54.9 Å². The molecule has 0 spiro atoms. The number of halogens is 2. The van der Waals surface area contributed by atoms with E-state index in [1.807, 2.05) is 6.07 Å². The van der Waals surface area contributed by atoms with Crippen LogP contribution in [0, 0.1) is 13.8 Å². The monoisotopic (exact) mass is 431 g/mol. The molecule has 3 nitrogen and oxygen atoms in total. The quantitative estimate of drug-likeness (QED) is 0.667. The van der Waals surface area contributed by atoms with Crippen molar-refractivity contribution in [2.24, 2.45) is 0 Å². The normalized spacial score (nSPS) is 10.5. The summed E-state index contributed by atoms with van der Waals surface area (Å²) < 4.78 is 6.49. The van der Waals surface area contributed by atoms with Crippen LogP contribution in [0.1, 0.15) is 25.7 Å². The van der Waals surface area contributed by atoms with Crippen LogP contribution in [0.25, 0.3) is 0 Å². The number of anilines is 1. The van der Waals surface area contributed by atoms with Gasteiger partial charge in [-0.25, -0.2) is 4.79 Å². The highest BCUT2D eigenvalue weighted by Gasteiger charge is 2.16. The van der Waals surface area contributed by atoms with Crippen molar-refractivity contribution in [2.45, 2.75) is 20.4 Å². The van der Waals surface area contributed by atoms with Gasteiger partial charge in [-0.2, -0.15) is 0 Å². The van der Waals surface area contributed by atoms with Gasteiger partial charge in [-0.1, -0.05) is 15.9 Å². The summed E-state index contributed by atoms with van der Waals surface area (Å²) in [5.74, 6) is -0.363. The molecule has 1 aromatic carbocycles. The zero-order chi connectivity index (χ0) is 15.6. The van der Waals surface area contributed by atoms with E-state index in [9.17, 15) is 4.79 Å². The molecule has 0 radical (unpaired) electrons. The van der Waals surface area contributed by atoms with E-state index in [1.165, 1.54) is 22.4 Å². The Labute approximate surface area is 145 Å². The molecule has 0 atom stereocenters. The van der Waals surface area contributed by atoms with Gasteiger partial charge in [0.1, 0.15) is 0 Å². The Kier molecular flexibility index (Phi) is 5.46. The minimum Gasteiger partial charge on any atom is -0.465 e. The van der Waals surface area contributed by atoms with E-state index in [0.29, 0.717) is 12.1 Å². The van der Waals surface area contributed by atoms with Crippen molar-refractivity contribution in [3.63, 3.8) is 0 Å². The fourth-order valence-electron chi connectivity index (χ4n) is 2.07. The van der Waals surface area contributed by atoms with Gasteiger partial charge in [0, 0.05) is 25.2 Å². The maximum atomic E-state index is 11.9. The van der Waals surface area contributed by atoms with E-state index in [1.54, 1.807) is 17.4 Å². The van der Waals surface area contributed by atoms with Crippen molar-refractivity contribution < 1.29 is 9.53 Å². The average molecular weight is 433 g/mol. The molecule has 0 fully saturated rings. The van der Waals surface area contributed by atoms with Gasteiger partial charge in [0.15, 0.2) is 0 Å². The van der Waals surface area contributed by atoms with Crippen LogP contribution in [0.4, 0.5) is 5.69 Å². The predicted octanol–water partition coefficient (Wildman–Crippen LogP) is 5.29. The number of esters is 1. The number of methoxy groups -OCH3 is 1. The standard InChI is InChI=1S/C15H15Br2NO2S/c1-8-4-10(9(2)21-8)7-18-14-12(15(19)20-3)5-11(16)6-13(14)17/h4-6,18H,7H2,1-3H3. The second-order valence-corrected chi connectivity index (χ2v) is 7.82. The Bertz CT molecular complexity index is 683. The summed E-state index contributed by atoms with van der Waals surface area (Å²) in [6.07, 6.45) is 0. The third-order valence-corrected chi connectivity index (χ3v) is 5.15. The molecule has 0 aliphatic heterocycles. The number of hydrogen-bond donors (Lipinski definition) is 1. The number of ether oxygens (including phenoxy) is 1. The third-order valence-electron chi connectivity index (χ3n) is 3.06. The average Bonchev–Trinajstić information content (AvgIpc) is 2.74. The Morgan fingerprint density at radius 1 is 1.29 bits per heavy atom. The highest BCUT2D eigenvalue weighted by molar-refractivity contribution is 9.11. The number of nitrogens with one attached hydrogen (secondary N) is 1. The molecule has 1 aromatic heterocycles. The molecule has 1 heterocycles. The van der Waals surface area contributed by atoms with Crippen LogP contribution in [0.15, 0.2) is 27.1 Å². The van der Waals surface area contributed by atoms with Crippen molar-refractivity contribution in [3.8, 4) is 0 Å². The topological polar surface area (TPSA) is 38.3 Å². The number of aryl methyl sites for hydroxylation is 2. The molecule has 112 valence electrons. The minimum absolute atomic E-state index is 0.363. The summed E-state index contributed by atoms with van der Waals surface area (Å²) in [4.78, 5) is 14.5. The van der Waals surface area contributed by atoms with Crippen LogP contribution >= 0.6 is 43.2 Å². The second kappa shape index (κ2) is 6.94. The Balaban J connectivity index is 2.30. The van der Waals surface area contributed by atoms with Gasteiger partial charge in [0.2, 0.25) is 0 Å². The number of thiophene rings is 1. The van der Waals surface area contributed by atoms with Gasteiger partial charge < -0.3 is 10.1 Å². The highest BCUT2D eigenvalue weighted by atomic mass is 79.9. The molecule has 2 aromatic rings. The van der Waals surface area contributed by atoms with Gasteiger partial charge in [0.25, 0.3) is 0 Å². The molecule has 0 unspecified atom stereocenters. The van der Waals surface area contributed by atoms with Crippen molar-refractivity contribution in [1.82, 2.24) is 0 Å². The first-order chi connectivity index (χ1) is 9.92. The first-order valence-electron chi connectivity index (χ1n) is 6.29. The van der Waals surface area contributed by atoms with Crippen LogP contribution in [-0.2, 0) is 11.3 Å². The van der Waals surface area contributed by atoms with Crippen LogP contribution in [-0.4, -0.2) is 13.1 Å². The zero-order valence-corrected chi connectivity index (χ0v) is 15.9. The number of rotatable bonds is 4. The van der Waals surface area contributed by atoms with Crippen molar-refractivity contribution in [3.05, 3.63) is 48.0 Å². The van der Waals surface area contributed by atoms with Crippen molar-refractivity contribution in [2.75, 3.05) is 12.4 Å². The summed E-state index contributed by atoms with van der Waals surface area (Å²) in [6.45, 7) is 4.86. The summed E-state index contributed by atoms with van der Waals surface area (Å²) in [6, 6.07) is 5.82. The lowest BCUT2D eigenvalue weighted by atomic mass is 10.1. The fourth-order valence-corrected chi connectivity index (χ4v) is 4.38. The van der Waals surface area contributed by atoms with Gasteiger partial charge in [0.05, 0.1) is 18.4 Å². The maximum Gasteiger partial charge on any atom is 0.340 e. The van der Waals surface area contributed by atoms with E-state index in [4.69, 9.17) is 4.74 Å². The van der Waals surface area contributed by atoms with E-state index in [2.05, 4.69) is 57.1 Å². The molecular formula is C15H15Br2NO2S. The summed E-state index contributed by atoms with van der Waals surface area (Å²) in [5.41, 5.74) is 2.49. The first-order valence-corrected chi connectivity index (χ1v) is 8.69. The predicted molar refractivity (Wildman–Crippen MR) is 94.3 cm³/mol. The maximum absolute atomic E-state index is 11.9. The van der Waals surface area contributed by atoms with Crippen LogP contribution < -0.4 is 5.32 Å². The third kappa shape index (κ3) is 3.87. The van der Waals surface area contributed by atoms with Crippen LogP contribution in [0.2, 0.25) is 0 Å². The lowest BCUT2D eigenvalue weighted by Gasteiger charge is -2.13. The molecule has 0 amide bonds. The SMILES string of the molecule is COC(=O)c1cc(Br)cc(Br)c1NCc1cc(C)sc1C. The molecule has 0 bridgehead atoms. The fraction of sp³-hybridized carbons (Fsp3) is 0.267. The Morgan fingerprint density at radius 2 is 2.00 bits per heavy atom. The molecule has 0 aliphatic carbocycles. The molecule has 2 rings (SSSR count). The molecule has 0 saturated carbocycles. The van der Waals surface area contributed by atoms with E-state index >= 15 is 0 Å². The Morgan fingerprint density at radius 3 is 2.57 bits per heavy atom. The van der Waals surface area contributed by atoms with Gasteiger partial charge in [-0.05, 0) is 53.5 Å². The van der Waals surface area contributed by atoms with Gasteiger partial charge in [-0.3, -0.25) is 0 Å². The number of hydrogen-bond acceptors (Lipinski definition) is 4. The minimum atomic E-state index is -0.363. The molecular weight excluding hydrogens is 418 g/mol. The lowest BCUT2D eigenvalue weighted by molar-refractivity contribution is 0.0601. The van der Waals surface area contributed by atoms with E-state index in [-0.39, 0.29) is 5.97 Å². The highest BCUT2D eigenvalue weighted by Crippen LogP contribution is 2.32. The van der Waals surface area contributed by atoms with Crippen molar-refractivity contribution in [1.29, 1.82) is 0 Å². The summed E-state index contributed by atoms with van der Waals surface area (Å²) in [7, 11) is 1.38. The summed E-state index contributed by atoms with van der Waals surface area (Å²) in [5, 5.41) is 3.33. The lowest BCUT2D eigenvalue weighted by Crippen LogP contribution is -2.09. The first kappa shape index (κ1) is 16.5. The van der Waals surface area contributed by atoms with Gasteiger partial charge in [-0.15, -0.1) is 11.3 Å². The van der Waals surface area contributed by atoms with E-state index in [0.717, 1.165) is 14.6 Å². The number of carbonyl (C=O) groups excluding carboxylic acids is 1. The van der Waals surface area contributed by atoms with Crippen LogP contribution in [0.5, 0.6) is 0 Å².